The predicted molar refractivity (Wildman–Crippen MR) is 71.8 cm³/mol. The Hall–Kier alpha value is -0.340. The molecule has 0 spiro atoms. The van der Waals surface area contributed by atoms with Crippen molar-refractivity contribution >= 4 is 11.3 Å². The molecule has 1 aliphatic carbocycles. The van der Waals surface area contributed by atoms with Crippen molar-refractivity contribution in [2.75, 3.05) is 0 Å². The Kier molecular flexibility index (Phi) is 4.04. The molecule has 90 valence electrons. The Morgan fingerprint density at radius 2 is 1.94 bits per heavy atom. The van der Waals surface area contributed by atoms with E-state index in [-0.39, 0.29) is 0 Å². The zero-order valence-electron chi connectivity index (χ0n) is 10.6. The lowest BCUT2D eigenvalue weighted by molar-refractivity contribution is 0.229. The van der Waals surface area contributed by atoms with Crippen LogP contribution in [-0.2, 0) is 0 Å². The van der Waals surface area contributed by atoms with Crippen LogP contribution in [0.25, 0.3) is 0 Å². The van der Waals surface area contributed by atoms with E-state index in [9.17, 15) is 0 Å². The highest BCUT2D eigenvalue weighted by atomic mass is 32.1. The van der Waals surface area contributed by atoms with Gasteiger partial charge in [0.05, 0.1) is 0 Å². The van der Waals surface area contributed by atoms with Gasteiger partial charge < -0.3 is 5.32 Å². The molecule has 0 radical (unpaired) electrons. The molecule has 0 saturated heterocycles. The molecule has 1 aromatic heterocycles. The highest BCUT2D eigenvalue weighted by molar-refractivity contribution is 7.10. The molecule has 1 heterocycles. The van der Waals surface area contributed by atoms with Crippen LogP contribution in [0.1, 0.15) is 51.0 Å². The monoisotopic (exact) mass is 237 g/mol. The minimum absolute atomic E-state index is 0.516. The summed E-state index contributed by atoms with van der Waals surface area (Å²) in [6.45, 7) is 7.07. The van der Waals surface area contributed by atoms with Gasteiger partial charge in [0.25, 0.3) is 0 Å². The maximum absolute atomic E-state index is 3.79. The first-order valence-corrected chi connectivity index (χ1v) is 7.32. The van der Waals surface area contributed by atoms with Gasteiger partial charge >= 0.3 is 0 Å². The molecule has 2 rings (SSSR count). The Morgan fingerprint density at radius 3 is 2.50 bits per heavy atom. The van der Waals surface area contributed by atoms with Gasteiger partial charge in [-0.15, -0.1) is 11.3 Å². The third-order valence-electron chi connectivity index (χ3n) is 3.63. The van der Waals surface area contributed by atoms with Gasteiger partial charge in [-0.2, -0.15) is 0 Å². The number of hydrogen-bond donors (Lipinski definition) is 1. The minimum Gasteiger partial charge on any atom is -0.307 e. The SMILES string of the molecule is CC1CC(C)CC(N[C@H](C)c2cccs2)C1. The van der Waals surface area contributed by atoms with Crippen LogP contribution in [0.5, 0.6) is 0 Å². The molecule has 0 aromatic carbocycles. The van der Waals surface area contributed by atoms with Crippen molar-refractivity contribution in [3.05, 3.63) is 22.4 Å². The second kappa shape index (κ2) is 5.33. The highest BCUT2D eigenvalue weighted by Crippen LogP contribution is 2.30. The molecule has 1 N–H and O–H groups in total. The average Bonchev–Trinajstić information content (AvgIpc) is 2.68. The van der Waals surface area contributed by atoms with Gasteiger partial charge in [0, 0.05) is 17.0 Å². The molecular weight excluding hydrogens is 214 g/mol. The van der Waals surface area contributed by atoms with E-state index in [2.05, 4.69) is 43.6 Å². The topological polar surface area (TPSA) is 12.0 Å². The van der Waals surface area contributed by atoms with Crippen molar-refractivity contribution in [1.29, 1.82) is 0 Å². The van der Waals surface area contributed by atoms with Gasteiger partial charge in [0.1, 0.15) is 0 Å². The number of rotatable bonds is 3. The molecule has 2 unspecified atom stereocenters. The molecule has 3 atom stereocenters. The number of hydrogen-bond acceptors (Lipinski definition) is 2. The van der Waals surface area contributed by atoms with Crippen molar-refractivity contribution in [3.63, 3.8) is 0 Å². The van der Waals surface area contributed by atoms with Crippen LogP contribution < -0.4 is 5.32 Å². The summed E-state index contributed by atoms with van der Waals surface area (Å²) in [4.78, 5) is 1.46. The summed E-state index contributed by atoms with van der Waals surface area (Å²) in [6.07, 6.45) is 4.10. The van der Waals surface area contributed by atoms with Gasteiger partial charge in [-0.05, 0) is 49.5 Å². The molecule has 1 nitrogen and oxygen atoms in total. The smallest absolute Gasteiger partial charge is 0.0388 e. The average molecular weight is 237 g/mol. The fraction of sp³-hybridized carbons (Fsp3) is 0.714. The highest BCUT2D eigenvalue weighted by Gasteiger charge is 2.24. The summed E-state index contributed by atoms with van der Waals surface area (Å²) in [7, 11) is 0. The van der Waals surface area contributed by atoms with E-state index >= 15 is 0 Å². The van der Waals surface area contributed by atoms with Crippen LogP contribution in [0.15, 0.2) is 17.5 Å². The lowest BCUT2D eigenvalue weighted by Gasteiger charge is -2.33. The second-order valence-corrected chi connectivity index (χ2v) is 6.50. The molecular formula is C14H23NS. The second-order valence-electron chi connectivity index (χ2n) is 5.52. The molecule has 1 saturated carbocycles. The quantitative estimate of drug-likeness (QED) is 0.830. The Bertz CT molecular complexity index is 297. The number of nitrogens with one attached hydrogen (secondary N) is 1. The molecule has 0 aliphatic heterocycles. The molecule has 1 fully saturated rings. The summed E-state index contributed by atoms with van der Waals surface area (Å²) in [6, 6.07) is 5.61. The van der Waals surface area contributed by atoms with E-state index in [4.69, 9.17) is 0 Å². The van der Waals surface area contributed by atoms with Crippen molar-refractivity contribution in [2.24, 2.45) is 11.8 Å². The largest absolute Gasteiger partial charge is 0.307 e. The first-order valence-electron chi connectivity index (χ1n) is 6.44. The van der Waals surface area contributed by atoms with Crippen LogP contribution in [-0.4, -0.2) is 6.04 Å². The third kappa shape index (κ3) is 3.08. The van der Waals surface area contributed by atoms with Crippen LogP contribution in [0.4, 0.5) is 0 Å². The lowest BCUT2D eigenvalue weighted by atomic mass is 9.80. The third-order valence-corrected chi connectivity index (χ3v) is 4.69. The zero-order valence-corrected chi connectivity index (χ0v) is 11.4. The minimum atomic E-state index is 0.516. The van der Waals surface area contributed by atoms with E-state index in [1.807, 2.05) is 11.3 Å². The molecule has 16 heavy (non-hydrogen) atoms. The zero-order chi connectivity index (χ0) is 11.5. The lowest BCUT2D eigenvalue weighted by Crippen LogP contribution is -2.37. The van der Waals surface area contributed by atoms with E-state index in [0.717, 1.165) is 17.9 Å². The van der Waals surface area contributed by atoms with Crippen molar-refractivity contribution in [3.8, 4) is 0 Å². The molecule has 1 aliphatic rings. The van der Waals surface area contributed by atoms with Crippen LogP contribution >= 0.6 is 11.3 Å². The molecule has 1 aromatic rings. The van der Waals surface area contributed by atoms with E-state index in [0.29, 0.717) is 6.04 Å². The fourth-order valence-corrected chi connectivity index (χ4v) is 3.80. The summed E-state index contributed by atoms with van der Waals surface area (Å²) in [5.74, 6) is 1.77. The van der Waals surface area contributed by atoms with Gasteiger partial charge in [-0.1, -0.05) is 19.9 Å². The van der Waals surface area contributed by atoms with Crippen LogP contribution in [0.2, 0.25) is 0 Å². The Morgan fingerprint density at radius 1 is 1.25 bits per heavy atom. The van der Waals surface area contributed by atoms with Gasteiger partial charge in [0.2, 0.25) is 0 Å². The predicted octanol–water partition coefficient (Wildman–Crippen LogP) is 4.22. The van der Waals surface area contributed by atoms with Crippen LogP contribution in [0.3, 0.4) is 0 Å². The maximum atomic E-state index is 3.79. The summed E-state index contributed by atoms with van der Waals surface area (Å²) < 4.78 is 0. The van der Waals surface area contributed by atoms with Crippen molar-refractivity contribution in [1.82, 2.24) is 5.32 Å². The van der Waals surface area contributed by atoms with Gasteiger partial charge in [0.15, 0.2) is 0 Å². The van der Waals surface area contributed by atoms with E-state index in [1.54, 1.807) is 0 Å². The summed E-state index contributed by atoms with van der Waals surface area (Å²) in [5, 5.41) is 5.96. The van der Waals surface area contributed by atoms with E-state index < -0.39 is 0 Å². The first-order chi connectivity index (χ1) is 7.65. The van der Waals surface area contributed by atoms with E-state index in [1.165, 1.54) is 24.1 Å². The Labute approximate surface area is 103 Å². The van der Waals surface area contributed by atoms with Gasteiger partial charge in [-0.3, -0.25) is 0 Å². The normalized spacial score (nSPS) is 32.6. The van der Waals surface area contributed by atoms with Crippen LogP contribution in [0, 0.1) is 11.8 Å². The standard InChI is InChI=1S/C14H23NS/c1-10-7-11(2)9-13(8-10)15-12(3)14-5-4-6-16-14/h4-6,10-13,15H,7-9H2,1-3H3/t10?,11?,12-,13?/m1/s1. The first kappa shape index (κ1) is 12.1. The molecule has 2 heteroatoms. The maximum Gasteiger partial charge on any atom is 0.0388 e. The number of thiophene rings is 1. The summed E-state index contributed by atoms with van der Waals surface area (Å²) >= 11 is 1.86. The molecule has 0 amide bonds. The van der Waals surface area contributed by atoms with Crippen molar-refractivity contribution in [2.45, 2.75) is 52.1 Å². The van der Waals surface area contributed by atoms with Gasteiger partial charge in [-0.25, -0.2) is 0 Å². The Balaban J connectivity index is 1.89. The van der Waals surface area contributed by atoms with Crippen molar-refractivity contribution < 1.29 is 0 Å². The fourth-order valence-electron chi connectivity index (χ4n) is 3.06. The summed E-state index contributed by atoms with van der Waals surface area (Å²) in [5.41, 5.74) is 0. The molecule has 0 bridgehead atoms.